The molecule has 29 heavy (non-hydrogen) atoms. The Morgan fingerprint density at radius 2 is 1.79 bits per heavy atom. The molecule has 3 heteroatoms. The number of hydrogen-bond acceptors (Lipinski definition) is 3. The molecule has 2 aliphatic carbocycles. The minimum Gasteiger partial charge on any atom is -0.318 e. The van der Waals surface area contributed by atoms with Gasteiger partial charge in [-0.25, -0.2) is 4.79 Å². The molecule has 0 N–H and O–H groups in total. The summed E-state index contributed by atoms with van der Waals surface area (Å²) in [7, 11) is 0. The Morgan fingerprint density at radius 3 is 2.55 bits per heavy atom. The molecule has 0 aromatic heterocycles. The standard InChI is InChI=1S/C26H31NO2/c1-3-21-22-11-7-8-12-23(22)25-17-20(14-15-24(21)25)26(27-29-18(2)28)16-13-19-9-5-4-6-10-19/h7-8,11-12,14-15,17,19,21H,3-6,9-10,13,16H2,1-2H3. The highest BCUT2D eigenvalue weighted by atomic mass is 16.7. The van der Waals surface area contributed by atoms with Crippen LogP contribution in [0.25, 0.3) is 11.1 Å². The second kappa shape index (κ2) is 8.94. The third-order valence-electron chi connectivity index (χ3n) is 6.60. The van der Waals surface area contributed by atoms with Crippen LogP contribution in [0.15, 0.2) is 47.6 Å². The van der Waals surface area contributed by atoms with Crippen LogP contribution >= 0.6 is 0 Å². The summed E-state index contributed by atoms with van der Waals surface area (Å²) < 4.78 is 0. The van der Waals surface area contributed by atoms with Gasteiger partial charge >= 0.3 is 5.97 Å². The molecule has 1 saturated carbocycles. The topological polar surface area (TPSA) is 38.7 Å². The van der Waals surface area contributed by atoms with E-state index in [0.29, 0.717) is 5.92 Å². The highest BCUT2D eigenvalue weighted by molar-refractivity contribution is 6.02. The van der Waals surface area contributed by atoms with E-state index in [4.69, 9.17) is 4.84 Å². The van der Waals surface area contributed by atoms with Crippen LogP contribution in [-0.4, -0.2) is 11.7 Å². The molecule has 4 rings (SSSR count). The number of oxime groups is 1. The Kier molecular flexibility index (Phi) is 6.13. The first kappa shape index (κ1) is 19.9. The van der Waals surface area contributed by atoms with Crippen molar-refractivity contribution in [1.29, 1.82) is 0 Å². The normalized spacial score (nSPS) is 19.0. The van der Waals surface area contributed by atoms with Crippen LogP contribution in [0.1, 0.15) is 87.8 Å². The van der Waals surface area contributed by atoms with Gasteiger partial charge in [0.25, 0.3) is 0 Å². The van der Waals surface area contributed by atoms with Gasteiger partial charge in [-0.15, -0.1) is 0 Å². The predicted octanol–water partition coefficient (Wildman–Crippen LogP) is 6.84. The van der Waals surface area contributed by atoms with Gasteiger partial charge in [0.05, 0.1) is 5.71 Å². The summed E-state index contributed by atoms with van der Waals surface area (Å²) in [4.78, 5) is 16.5. The van der Waals surface area contributed by atoms with E-state index in [2.05, 4.69) is 54.5 Å². The zero-order valence-electron chi connectivity index (χ0n) is 17.6. The second-order valence-electron chi connectivity index (χ2n) is 8.51. The summed E-state index contributed by atoms with van der Waals surface area (Å²) in [5.74, 6) is 0.870. The van der Waals surface area contributed by atoms with Gasteiger partial charge in [-0.05, 0) is 59.1 Å². The Balaban J connectivity index is 1.63. The summed E-state index contributed by atoms with van der Waals surface area (Å²) in [6.45, 7) is 3.66. The van der Waals surface area contributed by atoms with E-state index >= 15 is 0 Å². The number of nitrogens with zero attached hydrogens (tertiary/aromatic N) is 1. The van der Waals surface area contributed by atoms with Crippen LogP contribution in [-0.2, 0) is 9.63 Å². The number of rotatable bonds is 6. The number of carbonyl (C=O) groups excluding carboxylic acids is 1. The SMILES string of the molecule is CCC1c2ccccc2-c2cc(C(CCC3CCCCC3)=NOC(C)=O)ccc21. The fourth-order valence-corrected chi connectivity index (χ4v) is 5.11. The van der Waals surface area contributed by atoms with Crippen molar-refractivity contribution in [3.8, 4) is 11.1 Å². The molecule has 0 bridgehead atoms. The average Bonchev–Trinajstić information content (AvgIpc) is 3.07. The third-order valence-corrected chi connectivity index (χ3v) is 6.60. The van der Waals surface area contributed by atoms with Crippen molar-refractivity contribution < 1.29 is 9.63 Å². The lowest BCUT2D eigenvalue weighted by Crippen LogP contribution is -2.11. The maximum Gasteiger partial charge on any atom is 0.331 e. The molecular formula is C26H31NO2. The molecule has 0 amide bonds. The Bertz CT molecular complexity index is 909. The van der Waals surface area contributed by atoms with Crippen LogP contribution in [0, 0.1) is 5.92 Å². The molecular weight excluding hydrogens is 358 g/mol. The molecule has 2 aliphatic rings. The predicted molar refractivity (Wildman–Crippen MR) is 118 cm³/mol. The van der Waals surface area contributed by atoms with E-state index in [0.717, 1.165) is 36.5 Å². The van der Waals surface area contributed by atoms with Crippen molar-refractivity contribution in [3.63, 3.8) is 0 Å². The Hall–Kier alpha value is -2.42. The van der Waals surface area contributed by atoms with Crippen LogP contribution in [0.4, 0.5) is 0 Å². The number of carbonyl (C=O) groups is 1. The molecule has 1 atom stereocenters. The fraction of sp³-hybridized carbons (Fsp3) is 0.462. The zero-order chi connectivity index (χ0) is 20.2. The van der Waals surface area contributed by atoms with Crippen LogP contribution < -0.4 is 0 Å². The molecule has 0 saturated heterocycles. The van der Waals surface area contributed by atoms with Crippen LogP contribution in [0.5, 0.6) is 0 Å². The summed E-state index contributed by atoms with van der Waals surface area (Å²) in [6.07, 6.45) is 9.76. The minimum atomic E-state index is -0.363. The molecule has 2 aromatic carbocycles. The minimum absolute atomic E-state index is 0.363. The monoisotopic (exact) mass is 389 g/mol. The van der Waals surface area contributed by atoms with Gasteiger partial charge in [-0.3, -0.25) is 0 Å². The summed E-state index contributed by atoms with van der Waals surface area (Å²) in [6, 6.07) is 15.4. The fourth-order valence-electron chi connectivity index (χ4n) is 5.11. The zero-order valence-corrected chi connectivity index (χ0v) is 17.6. The van der Waals surface area contributed by atoms with Gasteiger partial charge in [0.15, 0.2) is 0 Å². The van der Waals surface area contributed by atoms with Gasteiger partial charge in [0.2, 0.25) is 0 Å². The van der Waals surface area contributed by atoms with Crippen molar-refractivity contribution in [2.24, 2.45) is 11.1 Å². The molecule has 0 spiro atoms. The highest BCUT2D eigenvalue weighted by Crippen LogP contribution is 2.46. The first-order valence-corrected chi connectivity index (χ1v) is 11.2. The first-order valence-electron chi connectivity index (χ1n) is 11.2. The Morgan fingerprint density at radius 1 is 1.03 bits per heavy atom. The molecule has 0 radical (unpaired) electrons. The van der Waals surface area contributed by atoms with Gasteiger partial charge < -0.3 is 4.84 Å². The van der Waals surface area contributed by atoms with E-state index in [9.17, 15) is 4.79 Å². The largest absolute Gasteiger partial charge is 0.331 e. The van der Waals surface area contributed by atoms with Crippen molar-refractivity contribution >= 4 is 11.7 Å². The van der Waals surface area contributed by atoms with Crippen molar-refractivity contribution in [2.45, 2.75) is 71.1 Å². The number of fused-ring (bicyclic) bond motifs is 3. The van der Waals surface area contributed by atoms with Crippen molar-refractivity contribution in [3.05, 3.63) is 59.2 Å². The molecule has 2 aromatic rings. The maximum absolute atomic E-state index is 11.4. The quantitative estimate of drug-likeness (QED) is 0.308. The van der Waals surface area contributed by atoms with E-state index in [1.165, 1.54) is 61.3 Å². The maximum atomic E-state index is 11.4. The van der Waals surface area contributed by atoms with Gasteiger partial charge in [-0.1, -0.05) is 80.6 Å². The molecule has 1 unspecified atom stereocenters. The van der Waals surface area contributed by atoms with E-state index in [1.54, 1.807) is 0 Å². The van der Waals surface area contributed by atoms with Gasteiger partial charge in [0.1, 0.15) is 0 Å². The van der Waals surface area contributed by atoms with Crippen molar-refractivity contribution in [1.82, 2.24) is 0 Å². The van der Waals surface area contributed by atoms with E-state index < -0.39 is 0 Å². The average molecular weight is 390 g/mol. The van der Waals surface area contributed by atoms with E-state index in [1.807, 2.05) is 0 Å². The van der Waals surface area contributed by atoms with Gasteiger partial charge in [0, 0.05) is 12.8 Å². The lowest BCUT2D eigenvalue weighted by atomic mass is 9.85. The van der Waals surface area contributed by atoms with Gasteiger partial charge in [-0.2, -0.15) is 0 Å². The van der Waals surface area contributed by atoms with Crippen LogP contribution in [0.3, 0.4) is 0 Å². The second-order valence-corrected chi connectivity index (χ2v) is 8.51. The summed E-state index contributed by atoms with van der Waals surface area (Å²) in [5.41, 5.74) is 7.42. The molecule has 0 heterocycles. The molecule has 152 valence electrons. The third kappa shape index (κ3) is 4.29. The lowest BCUT2D eigenvalue weighted by Gasteiger charge is -2.21. The summed E-state index contributed by atoms with van der Waals surface area (Å²) >= 11 is 0. The molecule has 0 aliphatic heterocycles. The number of benzene rings is 2. The molecule has 3 nitrogen and oxygen atoms in total. The van der Waals surface area contributed by atoms with E-state index in [-0.39, 0.29) is 5.97 Å². The molecule has 1 fully saturated rings. The lowest BCUT2D eigenvalue weighted by molar-refractivity contribution is -0.140. The highest BCUT2D eigenvalue weighted by Gasteiger charge is 2.27. The Labute approximate surface area is 174 Å². The smallest absolute Gasteiger partial charge is 0.318 e. The van der Waals surface area contributed by atoms with Crippen molar-refractivity contribution in [2.75, 3.05) is 0 Å². The van der Waals surface area contributed by atoms with Crippen LogP contribution in [0.2, 0.25) is 0 Å². The first-order chi connectivity index (χ1) is 14.2. The number of hydrogen-bond donors (Lipinski definition) is 0. The summed E-state index contributed by atoms with van der Waals surface area (Å²) in [5, 5.41) is 4.27.